The van der Waals surface area contributed by atoms with E-state index in [1.54, 1.807) is 0 Å². The van der Waals surface area contributed by atoms with Crippen molar-refractivity contribution in [1.82, 2.24) is 16.0 Å². The fraction of sp³-hybridized carbons (Fsp3) is 0.421. The monoisotopic (exact) mass is 452 g/mol. The maximum atomic E-state index is 12.2. The zero-order valence-electron chi connectivity index (χ0n) is 17.6. The zero-order chi connectivity index (χ0) is 24.4. The number of nitro groups is 1. The Morgan fingerprint density at radius 3 is 1.91 bits per heavy atom. The van der Waals surface area contributed by atoms with Crippen LogP contribution in [0.2, 0.25) is 0 Å². The van der Waals surface area contributed by atoms with Gasteiger partial charge in [0.1, 0.15) is 23.9 Å². The lowest BCUT2D eigenvalue weighted by atomic mass is 10.2. The number of hydrogen-bond acceptors (Lipinski definition) is 8. The second-order valence-corrected chi connectivity index (χ2v) is 6.82. The molecule has 3 atom stereocenters. The predicted octanol–water partition coefficient (Wildman–Crippen LogP) is -0.121. The summed E-state index contributed by atoms with van der Waals surface area (Å²) in [5.41, 5.74) is -0.178. The molecule has 3 amide bonds. The third kappa shape index (κ3) is 8.77. The molecule has 0 bridgehead atoms. The fourth-order valence-corrected chi connectivity index (χ4v) is 2.24. The van der Waals surface area contributed by atoms with E-state index in [9.17, 15) is 34.1 Å². The van der Waals surface area contributed by atoms with Crippen LogP contribution in [0, 0.1) is 10.1 Å². The Bertz CT molecular complexity index is 885. The minimum Gasteiger partial charge on any atom is -0.481 e. The molecule has 0 aliphatic carbocycles. The van der Waals surface area contributed by atoms with E-state index in [0.717, 1.165) is 12.1 Å². The highest BCUT2D eigenvalue weighted by Gasteiger charge is 2.24. The average molecular weight is 452 g/mol. The van der Waals surface area contributed by atoms with Crippen LogP contribution in [0.3, 0.4) is 0 Å². The molecule has 4 N–H and O–H groups in total. The summed E-state index contributed by atoms with van der Waals surface area (Å²) < 4.78 is 5.04. The Labute approximate surface area is 182 Å². The van der Waals surface area contributed by atoms with Gasteiger partial charge in [0.15, 0.2) is 0 Å². The Morgan fingerprint density at radius 2 is 1.41 bits per heavy atom. The smallest absolute Gasteiger partial charge is 0.333 e. The predicted molar refractivity (Wildman–Crippen MR) is 108 cm³/mol. The number of benzene rings is 1. The molecule has 0 saturated carbocycles. The summed E-state index contributed by atoms with van der Waals surface area (Å²) in [6.07, 6.45) is -0.676. The minimum atomic E-state index is -1.15. The highest BCUT2D eigenvalue weighted by atomic mass is 16.6. The molecule has 0 aliphatic heterocycles. The van der Waals surface area contributed by atoms with Crippen LogP contribution in [0.15, 0.2) is 24.3 Å². The molecule has 0 heterocycles. The largest absolute Gasteiger partial charge is 0.481 e. The summed E-state index contributed by atoms with van der Waals surface area (Å²) >= 11 is 0. The van der Waals surface area contributed by atoms with Gasteiger partial charge >= 0.3 is 11.9 Å². The molecule has 1 aromatic carbocycles. The van der Waals surface area contributed by atoms with Crippen molar-refractivity contribution in [3.05, 3.63) is 34.4 Å². The van der Waals surface area contributed by atoms with Crippen LogP contribution in [0.1, 0.15) is 33.6 Å². The van der Waals surface area contributed by atoms with Gasteiger partial charge in [0.25, 0.3) is 5.69 Å². The zero-order valence-corrected chi connectivity index (χ0v) is 17.6. The molecule has 0 aromatic heterocycles. The first-order chi connectivity index (χ1) is 14.9. The summed E-state index contributed by atoms with van der Waals surface area (Å²) in [5.74, 6) is -3.94. The lowest BCUT2D eigenvalue weighted by molar-refractivity contribution is -0.384. The second-order valence-electron chi connectivity index (χ2n) is 6.82. The number of ether oxygens (including phenoxy) is 1. The van der Waals surface area contributed by atoms with E-state index < -0.39 is 52.7 Å². The Morgan fingerprint density at radius 1 is 0.906 bits per heavy atom. The molecule has 0 unspecified atom stereocenters. The van der Waals surface area contributed by atoms with E-state index in [-0.39, 0.29) is 24.3 Å². The van der Waals surface area contributed by atoms with Crippen molar-refractivity contribution in [2.24, 2.45) is 0 Å². The number of nitrogens with zero attached hydrogens (tertiary/aromatic N) is 1. The molecule has 13 heteroatoms. The van der Waals surface area contributed by atoms with Gasteiger partial charge in [-0.05, 0) is 32.9 Å². The van der Waals surface area contributed by atoms with Gasteiger partial charge in [-0.15, -0.1) is 0 Å². The summed E-state index contributed by atoms with van der Waals surface area (Å²) in [5, 5.41) is 26.2. The van der Waals surface area contributed by atoms with Crippen LogP contribution in [-0.2, 0) is 24.0 Å². The van der Waals surface area contributed by atoms with E-state index in [2.05, 4.69) is 16.0 Å². The number of carbonyl (C=O) groups is 5. The summed E-state index contributed by atoms with van der Waals surface area (Å²) in [7, 11) is 0. The molecular formula is C19H24N4O9. The van der Waals surface area contributed by atoms with Gasteiger partial charge in [-0.3, -0.25) is 29.3 Å². The Hall–Kier alpha value is -4.03. The Kier molecular flexibility index (Phi) is 9.73. The number of carboxylic acid groups (broad SMARTS) is 1. The lowest BCUT2D eigenvalue weighted by Gasteiger charge is -2.20. The molecule has 0 saturated heterocycles. The average Bonchev–Trinajstić information content (AvgIpc) is 2.72. The third-order valence-corrected chi connectivity index (χ3v) is 4.07. The van der Waals surface area contributed by atoms with Crippen LogP contribution in [0.4, 0.5) is 5.69 Å². The van der Waals surface area contributed by atoms with Crippen molar-refractivity contribution in [3.63, 3.8) is 0 Å². The number of nitrogens with one attached hydrogen (secondary N) is 3. The number of aliphatic carboxylic acids is 1. The molecule has 32 heavy (non-hydrogen) atoms. The number of esters is 1. The van der Waals surface area contributed by atoms with Crippen LogP contribution in [-0.4, -0.2) is 57.8 Å². The minimum absolute atomic E-state index is 0.0514. The number of nitro benzene ring substituents is 1. The van der Waals surface area contributed by atoms with Gasteiger partial charge in [-0.1, -0.05) is 0 Å². The number of hydrogen-bond donors (Lipinski definition) is 4. The van der Waals surface area contributed by atoms with Crippen molar-refractivity contribution >= 4 is 35.3 Å². The summed E-state index contributed by atoms with van der Waals surface area (Å²) in [6, 6.07) is 1.62. The van der Waals surface area contributed by atoms with Crippen LogP contribution in [0.5, 0.6) is 5.75 Å². The van der Waals surface area contributed by atoms with Crippen molar-refractivity contribution in [2.45, 2.75) is 51.7 Å². The van der Waals surface area contributed by atoms with Gasteiger partial charge in [0.05, 0.1) is 11.3 Å². The van der Waals surface area contributed by atoms with E-state index in [1.165, 1.54) is 32.9 Å². The summed E-state index contributed by atoms with van der Waals surface area (Å²) in [6.45, 7) is 4.08. The van der Waals surface area contributed by atoms with E-state index in [4.69, 9.17) is 9.84 Å². The first-order valence-electron chi connectivity index (χ1n) is 9.48. The van der Waals surface area contributed by atoms with Gasteiger partial charge in [-0.2, -0.15) is 0 Å². The molecule has 1 aromatic rings. The number of amides is 3. The molecule has 0 spiro atoms. The molecule has 13 nitrogen and oxygen atoms in total. The third-order valence-electron chi connectivity index (χ3n) is 4.07. The van der Waals surface area contributed by atoms with E-state index in [1.807, 2.05) is 0 Å². The first-order valence-corrected chi connectivity index (χ1v) is 9.48. The molecule has 0 radical (unpaired) electrons. The molecule has 0 aliphatic rings. The van der Waals surface area contributed by atoms with Gasteiger partial charge in [0.2, 0.25) is 17.7 Å². The van der Waals surface area contributed by atoms with Gasteiger partial charge < -0.3 is 25.8 Å². The van der Waals surface area contributed by atoms with Crippen LogP contribution in [0.25, 0.3) is 0 Å². The van der Waals surface area contributed by atoms with Crippen molar-refractivity contribution in [1.29, 1.82) is 0 Å². The van der Waals surface area contributed by atoms with E-state index >= 15 is 0 Å². The topological polar surface area (TPSA) is 194 Å². The summed E-state index contributed by atoms with van der Waals surface area (Å²) in [4.78, 5) is 68.5. The molecular weight excluding hydrogens is 428 g/mol. The normalized spacial score (nSPS) is 13.1. The highest BCUT2D eigenvalue weighted by Crippen LogP contribution is 2.17. The highest BCUT2D eigenvalue weighted by molar-refractivity contribution is 5.93. The van der Waals surface area contributed by atoms with Crippen molar-refractivity contribution < 1.29 is 38.7 Å². The number of non-ortho nitro benzene ring substituents is 1. The molecule has 0 fully saturated rings. The van der Waals surface area contributed by atoms with E-state index in [0.29, 0.717) is 0 Å². The molecule has 174 valence electrons. The quantitative estimate of drug-likeness (QED) is 0.153. The van der Waals surface area contributed by atoms with Crippen molar-refractivity contribution in [3.8, 4) is 5.75 Å². The molecule has 1 rings (SSSR count). The number of carboxylic acids is 1. The fourth-order valence-electron chi connectivity index (χ4n) is 2.24. The maximum absolute atomic E-state index is 12.2. The second kappa shape index (κ2) is 12.0. The Balaban J connectivity index is 2.51. The van der Waals surface area contributed by atoms with Crippen LogP contribution < -0.4 is 20.7 Å². The standard InChI is InChI=1S/C19H24N4O9/c1-10(20-15(24)8-9-16(25)26)17(27)21-11(2)18(28)22-12(3)19(29)32-14-6-4-13(5-7-14)23(30)31/h4-7,10-12H,8-9H2,1-3H3,(H,20,24)(H,21,27)(H,22,28)(H,25,26)/t10-,11-,12-/m0/s1. The number of carbonyl (C=O) groups excluding carboxylic acids is 4. The maximum Gasteiger partial charge on any atom is 0.333 e. The first kappa shape index (κ1) is 26.0. The number of rotatable bonds is 11. The SMILES string of the molecule is C[C@H](NC(=O)CCC(=O)O)C(=O)N[C@@H](C)C(=O)N[C@@H](C)C(=O)Oc1ccc([N+](=O)[O-])cc1. The van der Waals surface area contributed by atoms with Crippen LogP contribution >= 0.6 is 0 Å². The van der Waals surface area contributed by atoms with Gasteiger partial charge in [0, 0.05) is 18.6 Å². The van der Waals surface area contributed by atoms with Crippen molar-refractivity contribution in [2.75, 3.05) is 0 Å². The lowest BCUT2D eigenvalue weighted by Crippen LogP contribution is -2.53. The van der Waals surface area contributed by atoms with Gasteiger partial charge in [-0.25, -0.2) is 4.79 Å².